The van der Waals surface area contributed by atoms with Crippen molar-refractivity contribution in [2.24, 2.45) is 11.8 Å². The van der Waals surface area contributed by atoms with Crippen molar-refractivity contribution < 1.29 is 60.4 Å². The highest BCUT2D eigenvalue weighted by Crippen LogP contribution is 2.49. The van der Waals surface area contributed by atoms with E-state index in [-0.39, 0.29) is 55.6 Å². The zero-order chi connectivity index (χ0) is 41.9. The third kappa shape index (κ3) is 12.7. The van der Waals surface area contributed by atoms with Gasteiger partial charge in [-0.3, -0.25) is 9.42 Å². The molecule has 58 heavy (non-hydrogen) atoms. The minimum atomic E-state index is -4.05. The molecule has 2 fully saturated rings. The number of benzene rings is 2. The predicted octanol–water partition coefficient (Wildman–Crippen LogP) is 4.82. The van der Waals surface area contributed by atoms with Crippen LogP contribution in [0.1, 0.15) is 47.0 Å². The molecule has 2 aromatic rings. The molecule has 0 aliphatic carbocycles. The van der Waals surface area contributed by atoms with Crippen LogP contribution in [-0.4, -0.2) is 131 Å². The first kappa shape index (κ1) is 45.5. The molecule has 0 radical (unpaired) electrons. The van der Waals surface area contributed by atoms with Gasteiger partial charge in [0.25, 0.3) is 0 Å². The van der Waals surface area contributed by atoms with Crippen LogP contribution < -0.4 is 14.6 Å². The fourth-order valence-electron chi connectivity index (χ4n) is 7.06. The van der Waals surface area contributed by atoms with Crippen LogP contribution in [-0.2, 0) is 42.9 Å². The van der Waals surface area contributed by atoms with Crippen LogP contribution in [0.4, 0.5) is 4.79 Å². The molecule has 0 spiro atoms. The number of nitrogens with zero attached hydrogens (tertiary/aromatic N) is 2. The number of ether oxygens (including phenoxy) is 5. The van der Waals surface area contributed by atoms with Gasteiger partial charge in [-0.2, -0.15) is 4.31 Å². The first-order valence-corrected chi connectivity index (χ1v) is 23.0. The van der Waals surface area contributed by atoms with Crippen LogP contribution in [0.5, 0.6) is 11.5 Å². The standard InChI is InChI=1S/C40H58N3O13PS/c1-6-51-38(45)29(4)55-57(47,56-32-10-8-7-9-11-32)23-21-42-19-16-30(17-20-42)24-35(41-40(46)54-37-27-53-39-34(37)18-22-52-39)36(44)26-43(25-28(2)3)58(48,49)33-14-12-31(50-5)13-15-33/h7-16,28-29,34-37,39,44H,6,17-27H2,1-5H3,(H,41,46)/t29?,34-,35-,36+,37-,39+,57?/m0/s1. The van der Waals surface area contributed by atoms with Crippen LogP contribution in [0.25, 0.3) is 0 Å². The largest absolute Gasteiger partial charge is 0.497 e. The molecular formula is C40H58N3O13PS. The summed E-state index contributed by atoms with van der Waals surface area (Å²) in [6.07, 6.45) is -0.696. The van der Waals surface area contributed by atoms with Gasteiger partial charge in [-0.1, -0.05) is 43.7 Å². The first-order chi connectivity index (χ1) is 27.7. The Morgan fingerprint density at radius 1 is 1.05 bits per heavy atom. The van der Waals surface area contributed by atoms with Crippen LogP contribution in [0.3, 0.4) is 0 Å². The van der Waals surface area contributed by atoms with E-state index in [0.29, 0.717) is 50.6 Å². The summed E-state index contributed by atoms with van der Waals surface area (Å²) in [5, 5.41) is 14.6. The maximum atomic E-state index is 14.0. The average Bonchev–Trinajstić information content (AvgIpc) is 3.82. The number of aliphatic hydroxyl groups is 1. The van der Waals surface area contributed by atoms with Gasteiger partial charge in [0.05, 0.1) is 56.1 Å². The number of alkyl carbamates (subject to hydrolysis) is 1. The number of carbonyl (C=O) groups excluding carboxylic acids is 2. The van der Waals surface area contributed by atoms with E-state index in [2.05, 4.69) is 10.2 Å². The zero-order valence-corrected chi connectivity index (χ0v) is 35.6. The van der Waals surface area contributed by atoms with Gasteiger partial charge in [-0.15, -0.1) is 0 Å². The summed E-state index contributed by atoms with van der Waals surface area (Å²) in [4.78, 5) is 27.9. The molecule has 5 rings (SSSR count). The van der Waals surface area contributed by atoms with Crippen LogP contribution in [0, 0.1) is 11.8 Å². The highest BCUT2D eigenvalue weighted by Gasteiger charge is 2.44. The summed E-state index contributed by atoms with van der Waals surface area (Å²) >= 11 is 0. The van der Waals surface area contributed by atoms with Crippen molar-refractivity contribution in [3.63, 3.8) is 0 Å². The number of amides is 1. The number of nitrogens with one attached hydrogen (secondary N) is 1. The third-order valence-electron chi connectivity index (χ3n) is 10.2. The van der Waals surface area contributed by atoms with Gasteiger partial charge < -0.3 is 38.6 Å². The molecule has 1 amide bonds. The van der Waals surface area contributed by atoms with Gasteiger partial charge in [0, 0.05) is 32.7 Å². The number of methoxy groups -OCH3 is 1. The highest BCUT2D eigenvalue weighted by atomic mass is 32.2. The van der Waals surface area contributed by atoms with E-state index in [4.69, 9.17) is 32.7 Å². The lowest BCUT2D eigenvalue weighted by Crippen LogP contribution is -2.51. The van der Waals surface area contributed by atoms with E-state index >= 15 is 0 Å². The van der Waals surface area contributed by atoms with E-state index in [1.807, 2.05) is 19.9 Å². The minimum absolute atomic E-state index is 0.00429. The lowest BCUT2D eigenvalue weighted by atomic mass is 9.96. The van der Waals surface area contributed by atoms with Crippen LogP contribution in [0.2, 0.25) is 0 Å². The third-order valence-corrected chi connectivity index (χ3v) is 13.9. The molecule has 2 saturated heterocycles. The number of aliphatic hydroxyl groups excluding tert-OH is 1. The molecular weight excluding hydrogens is 793 g/mol. The monoisotopic (exact) mass is 851 g/mol. The molecule has 18 heteroatoms. The van der Waals surface area contributed by atoms with Crippen molar-refractivity contribution in [3.05, 3.63) is 66.2 Å². The fourth-order valence-corrected chi connectivity index (χ4v) is 10.5. The summed E-state index contributed by atoms with van der Waals surface area (Å²) in [5.41, 5.74) is 0.929. The molecule has 3 aliphatic rings. The number of fused-ring (bicyclic) bond motifs is 1. The van der Waals surface area contributed by atoms with E-state index in [9.17, 15) is 27.7 Å². The lowest BCUT2D eigenvalue weighted by molar-refractivity contribution is -0.150. The molecule has 3 aliphatic heterocycles. The Labute approximate surface area is 341 Å². The van der Waals surface area contributed by atoms with E-state index < -0.39 is 60.3 Å². The Bertz CT molecular complexity index is 1830. The molecule has 0 aromatic heterocycles. The second-order valence-corrected chi connectivity index (χ2v) is 19.0. The van der Waals surface area contributed by atoms with Gasteiger partial charge in [0.2, 0.25) is 10.0 Å². The van der Waals surface area contributed by atoms with Crippen LogP contribution >= 0.6 is 7.60 Å². The molecule has 7 atom stereocenters. The average molecular weight is 852 g/mol. The summed E-state index contributed by atoms with van der Waals surface area (Å²) in [7, 11) is -6.38. The van der Waals surface area contributed by atoms with Crippen molar-refractivity contribution in [1.82, 2.24) is 14.5 Å². The van der Waals surface area contributed by atoms with Gasteiger partial charge in [-0.25, -0.2) is 22.6 Å². The molecule has 0 saturated carbocycles. The maximum absolute atomic E-state index is 14.0. The van der Waals surface area contributed by atoms with Gasteiger partial charge in [0.15, 0.2) is 12.4 Å². The first-order valence-electron chi connectivity index (χ1n) is 19.8. The molecule has 2 unspecified atom stereocenters. The lowest BCUT2D eigenvalue weighted by Gasteiger charge is -2.33. The van der Waals surface area contributed by atoms with Gasteiger partial charge in [-0.05, 0) is 75.4 Å². The topological polar surface area (TPSA) is 189 Å². The van der Waals surface area contributed by atoms with E-state index in [1.54, 1.807) is 49.4 Å². The Morgan fingerprint density at radius 2 is 1.79 bits per heavy atom. The summed E-state index contributed by atoms with van der Waals surface area (Å²) in [6, 6.07) is 13.7. The highest BCUT2D eigenvalue weighted by molar-refractivity contribution is 7.89. The molecule has 3 heterocycles. The second kappa shape index (κ2) is 21.1. The van der Waals surface area contributed by atoms with Gasteiger partial charge in [0.1, 0.15) is 17.6 Å². The van der Waals surface area contributed by atoms with Crippen molar-refractivity contribution in [2.75, 3.05) is 65.8 Å². The molecule has 2 aromatic carbocycles. The number of sulfonamides is 1. The SMILES string of the molecule is CCOC(=O)C(C)OP(=O)(CCN1CC=C(C[C@H](NC(=O)O[C@H]2CO[C@H]3OCC[C@H]32)[C@H](O)CN(CC(C)C)S(=O)(=O)c2ccc(OC)cc2)CC1)Oc1ccccc1. The number of esters is 1. The number of carbonyl (C=O) groups is 2. The molecule has 2 N–H and O–H groups in total. The van der Waals surface area contributed by atoms with Crippen LogP contribution in [0.15, 0.2) is 71.1 Å². The van der Waals surface area contributed by atoms with Crippen molar-refractivity contribution in [1.29, 1.82) is 0 Å². The Balaban J connectivity index is 1.28. The number of para-hydroxylation sites is 1. The smallest absolute Gasteiger partial charge is 0.407 e. The number of hydrogen-bond donors (Lipinski definition) is 2. The van der Waals surface area contributed by atoms with Crippen molar-refractivity contribution in [3.8, 4) is 11.5 Å². The molecule has 16 nitrogen and oxygen atoms in total. The number of hydrogen-bond acceptors (Lipinski definition) is 14. The fraction of sp³-hybridized carbons (Fsp3) is 0.600. The summed E-state index contributed by atoms with van der Waals surface area (Å²) < 4.78 is 82.0. The van der Waals surface area contributed by atoms with E-state index in [0.717, 1.165) is 5.57 Å². The maximum Gasteiger partial charge on any atom is 0.407 e. The number of rotatable bonds is 21. The Morgan fingerprint density at radius 3 is 2.45 bits per heavy atom. The summed E-state index contributed by atoms with van der Waals surface area (Å²) in [6.45, 7) is 8.94. The Hall–Kier alpha value is -3.54. The zero-order valence-electron chi connectivity index (χ0n) is 33.9. The predicted molar refractivity (Wildman–Crippen MR) is 214 cm³/mol. The van der Waals surface area contributed by atoms with E-state index in [1.165, 1.54) is 30.5 Å². The summed E-state index contributed by atoms with van der Waals surface area (Å²) in [5.74, 6) is 0.0486. The second-order valence-electron chi connectivity index (χ2n) is 15.0. The molecule has 322 valence electrons. The van der Waals surface area contributed by atoms with Gasteiger partial charge >= 0.3 is 19.7 Å². The molecule has 0 bridgehead atoms. The minimum Gasteiger partial charge on any atom is -0.497 e. The van der Waals surface area contributed by atoms with Crippen molar-refractivity contribution in [2.45, 2.75) is 82.5 Å². The quantitative estimate of drug-likeness (QED) is 0.0988. The van der Waals surface area contributed by atoms with Crippen molar-refractivity contribution >= 4 is 29.7 Å². The Kier molecular flexibility index (Phi) is 16.6. The normalized spacial score (nSPS) is 22.3.